The minimum Gasteiger partial charge on any atom is -0.274 e. The van der Waals surface area contributed by atoms with Crippen molar-refractivity contribution >= 4 is 11.8 Å². The Bertz CT molecular complexity index is 580. The zero-order chi connectivity index (χ0) is 13.1. The summed E-state index contributed by atoms with van der Waals surface area (Å²) in [7, 11) is 0. The van der Waals surface area contributed by atoms with Crippen molar-refractivity contribution in [3.8, 4) is 11.8 Å². The highest BCUT2D eigenvalue weighted by molar-refractivity contribution is 8.00. The van der Waals surface area contributed by atoms with Gasteiger partial charge in [0.25, 0.3) is 0 Å². The van der Waals surface area contributed by atoms with Crippen molar-refractivity contribution in [3.05, 3.63) is 35.7 Å². The number of benzene rings is 1. The Morgan fingerprint density at radius 1 is 1.22 bits per heavy atom. The second-order valence-electron chi connectivity index (χ2n) is 4.09. The molecule has 4 nitrogen and oxygen atoms in total. The molecular formula is C13H14N4S. The normalized spacial score (nSPS) is 12.1. The molecule has 0 N–H and O–H groups in total. The van der Waals surface area contributed by atoms with Crippen LogP contribution in [0.4, 0.5) is 0 Å². The van der Waals surface area contributed by atoms with E-state index in [4.69, 9.17) is 5.26 Å². The van der Waals surface area contributed by atoms with Crippen LogP contribution in [0.2, 0.25) is 0 Å². The maximum atomic E-state index is 8.87. The molecule has 0 spiro atoms. The number of thioether (sulfide) groups is 1. The first kappa shape index (κ1) is 12.7. The van der Waals surface area contributed by atoms with Gasteiger partial charge in [-0.3, -0.25) is 4.57 Å². The minimum atomic E-state index is -0.141. The summed E-state index contributed by atoms with van der Waals surface area (Å²) in [5.74, 6) is 0.825. The summed E-state index contributed by atoms with van der Waals surface area (Å²) in [6.07, 6.45) is 0. The second kappa shape index (κ2) is 5.23. The number of hydrogen-bond acceptors (Lipinski definition) is 4. The predicted octanol–water partition coefficient (Wildman–Crippen LogP) is 2.89. The van der Waals surface area contributed by atoms with Gasteiger partial charge in [-0.05, 0) is 32.9 Å². The molecular weight excluding hydrogens is 244 g/mol. The molecule has 0 aliphatic carbocycles. The smallest absolute Gasteiger partial charge is 0.197 e. The van der Waals surface area contributed by atoms with E-state index in [2.05, 4.69) is 35.3 Å². The summed E-state index contributed by atoms with van der Waals surface area (Å²) in [5.41, 5.74) is 2.24. The van der Waals surface area contributed by atoms with Gasteiger partial charge in [0, 0.05) is 5.69 Å². The molecule has 1 aromatic heterocycles. The molecule has 0 saturated heterocycles. The van der Waals surface area contributed by atoms with Crippen LogP contribution in [0, 0.1) is 25.2 Å². The number of nitriles is 1. The highest BCUT2D eigenvalue weighted by atomic mass is 32.2. The monoisotopic (exact) mass is 258 g/mol. The fourth-order valence-electron chi connectivity index (χ4n) is 1.59. The number of rotatable bonds is 3. The largest absolute Gasteiger partial charge is 0.274 e. The summed E-state index contributed by atoms with van der Waals surface area (Å²) in [5, 5.41) is 17.7. The molecule has 0 aliphatic heterocycles. The predicted molar refractivity (Wildman–Crippen MR) is 71.8 cm³/mol. The molecule has 0 radical (unpaired) electrons. The first-order valence-corrected chi connectivity index (χ1v) is 6.55. The van der Waals surface area contributed by atoms with Gasteiger partial charge in [-0.25, -0.2) is 0 Å². The minimum absolute atomic E-state index is 0.141. The van der Waals surface area contributed by atoms with Gasteiger partial charge < -0.3 is 0 Å². The van der Waals surface area contributed by atoms with Crippen LogP contribution in [0.15, 0.2) is 29.4 Å². The van der Waals surface area contributed by atoms with Crippen molar-refractivity contribution in [2.24, 2.45) is 0 Å². The maximum absolute atomic E-state index is 8.87. The average Bonchev–Trinajstić information content (AvgIpc) is 2.72. The lowest BCUT2D eigenvalue weighted by Gasteiger charge is -2.09. The summed E-state index contributed by atoms with van der Waals surface area (Å²) in [6.45, 7) is 5.82. The third kappa shape index (κ3) is 2.54. The van der Waals surface area contributed by atoms with E-state index in [1.807, 2.05) is 30.5 Å². The Labute approximate surface area is 111 Å². The SMILES string of the molecule is Cc1ccc(-n2c(C)nnc2SC(C)C#N)cc1. The van der Waals surface area contributed by atoms with Crippen molar-refractivity contribution in [2.75, 3.05) is 0 Å². The van der Waals surface area contributed by atoms with Gasteiger partial charge in [0.2, 0.25) is 0 Å². The van der Waals surface area contributed by atoms with Crippen LogP contribution >= 0.6 is 11.8 Å². The molecule has 1 heterocycles. The number of aromatic nitrogens is 3. The highest BCUT2D eigenvalue weighted by Gasteiger charge is 2.14. The quantitative estimate of drug-likeness (QED) is 0.794. The molecule has 5 heteroatoms. The van der Waals surface area contributed by atoms with E-state index < -0.39 is 0 Å². The van der Waals surface area contributed by atoms with Crippen LogP contribution in [0.3, 0.4) is 0 Å². The first-order chi connectivity index (χ1) is 8.61. The molecule has 1 unspecified atom stereocenters. The number of hydrogen-bond donors (Lipinski definition) is 0. The molecule has 0 saturated carbocycles. The van der Waals surface area contributed by atoms with Crippen LogP contribution in [0.1, 0.15) is 18.3 Å². The van der Waals surface area contributed by atoms with E-state index in [9.17, 15) is 0 Å². The summed E-state index contributed by atoms with van der Waals surface area (Å²) in [4.78, 5) is 0. The molecule has 2 aromatic rings. The maximum Gasteiger partial charge on any atom is 0.197 e. The summed E-state index contributed by atoms with van der Waals surface area (Å²) < 4.78 is 1.97. The van der Waals surface area contributed by atoms with Crippen LogP contribution in [-0.2, 0) is 0 Å². The Kier molecular flexibility index (Phi) is 3.68. The van der Waals surface area contributed by atoms with Gasteiger partial charge in [-0.1, -0.05) is 29.5 Å². The molecule has 92 valence electrons. The van der Waals surface area contributed by atoms with Crippen molar-refractivity contribution in [2.45, 2.75) is 31.2 Å². The van der Waals surface area contributed by atoms with Crippen LogP contribution in [0.25, 0.3) is 5.69 Å². The molecule has 0 aliphatic rings. The zero-order valence-electron chi connectivity index (χ0n) is 10.6. The molecule has 2 rings (SSSR count). The van der Waals surface area contributed by atoms with Gasteiger partial charge in [-0.15, -0.1) is 10.2 Å². The first-order valence-electron chi connectivity index (χ1n) is 5.67. The van der Waals surface area contributed by atoms with Gasteiger partial charge >= 0.3 is 0 Å². The highest BCUT2D eigenvalue weighted by Crippen LogP contribution is 2.25. The third-order valence-electron chi connectivity index (χ3n) is 2.55. The zero-order valence-corrected chi connectivity index (χ0v) is 11.4. The average molecular weight is 258 g/mol. The van der Waals surface area contributed by atoms with E-state index >= 15 is 0 Å². The molecule has 0 fully saturated rings. The second-order valence-corrected chi connectivity index (χ2v) is 5.40. The van der Waals surface area contributed by atoms with Crippen LogP contribution in [0.5, 0.6) is 0 Å². The molecule has 18 heavy (non-hydrogen) atoms. The Morgan fingerprint density at radius 3 is 2.50 bits per heavy atom. The lowest BCUT2D eigenvalue weighted by atomic mass is 10.2. The molecule has 1 aromatic carbocycles. The number of nitrogens with zero attached hydrogens (tertiary/aromatic N) is 4. The van der Waals surface area contributed by atoms with E-state index in [-0.39, 0.29) is 5.25 Å². The third-order valence-corrected chi connectivity index (χ3v) is 3.49. The van der Waals surface area contributed by atoms with Gasteiger partial charge in [0.05, 0.1) is 11.3 Å². The fourth-order valence-corrected chi connectivity index (χ4v) is 2.39. The van der Waals surface area contributed by atoms with E-state index in [1.165, 1.54) is 17.3 Å². The Hall–Kier alpha value is -1.80. The van der Waals surface area contributed by atoms with Gasteiger partial charge in [0.15, 0.2) is 5.16 Å². The Balaban J connectivity index is 2.41. The van der Waals surface area contributed by atoms with Crippen LogP contribution in [-0.4, -0.2) is 20.0 Å². The summed E-state index contributed by atoms with van der Waals surface area (Å²) in [6, 6.07) is 10.4. The van der Waals surface area contributed by atoms with E-state index in [0.29, 0.717) is 0 Å². The van der Waals surface area contributed by atoms with Crippen molar-refractivity contribution < 1.29 is 0 Å². The van der Waals surface area contributed by atoms with Gasteiger partial charge in [0.1, 0.15) is 5.82 Å². The van der Waals surface area contributed by atoms with Gasteiger partial charge in [-0.2, -0.15) is 5.26 Å². The number of aryl methyl sites for hydroxylation is 2. The molecule has 1 atom stereocenters. The standard InChI is InChI=1S/C13H14N4S/c1-9-4-6-12(7-5-9)17-11(3)15-16-13(17)18-10(2)8-14/h4-7,10H,1-3H3. The lowest BCUT2D eigenvalue weighted by molar-refractivity contribution is 0.866. The van der Waals surface area contributed by atoms with Crippen molar-refractivity contribution in [1.82, 2.24) is 14.8 Å². The van der Waals surface area contributed by atoms with E-state index in [0.717, 1.165) is 16.7 Å². The van der Waals surface area contributed by atoms with E-state index in [1.54, 1.807) is 0 Å². The van der Waals surface area contributed by atoms with Crippen molar-refractivity contribution in [1.29, 1.82) is 5.26 Å². The molecule has 0 bridgehead atoms. The van der Waals surface area contributed by atoms with Crippen LogP contribution < -0.4 is 0 Å². The van der Waals surface area contributed by atoms with Crippen molar-refractivity contribution in [3.63, 3.8) is 0 Å². The Morgan fingerprint density at radius 2 is 1.89 bits per heavy atom. The fraction of sp³-hybridized carbons (Fsp3) is 0.308. The topological polar surface area (TPSA) is 54.5 Å². The lowest BCUT2D eigenvalue weighted by Crippen LogP contribution is -2.01. The molecule has 0 amide bonds. The summed E-state index contributed by atoms with van der Waals surface area (Å²) >= 11 is 1.42.